The zero-order chi connectivity index (χ0) is 17.8. The molecule has 1 aromatic carbocycles. The first kappa shape index (κ1) is 18.1. The molecular formula is C18H21N3O2S2. The van der Waals surface area contributed by atoms with E-state index in [2.05, 4.69) is 29.2 Å². The van der Waals surface area contributed by atoms with Crippen molar-refractivity contribution in [2.45, 2.75) is 43.6 Å². The minimum atomic E-state index is -0.0531. The molecule has 2 heterocycles. The number of hydrogen-bond acceptors (Lipinski definition) is 6. The second-order valence-electron chi connectivity index (χ2n) is 6.07. The summed E-state index contributed by atoms with van der Waals surface area (Å²) in [6.07, 6.45) is 0.529. The van der Waals surface area contributed by atoms with Crippen molar-refractivity contribution >= 4 is 34.0 Å². The largest absolute Gasteiger partial charge is 0.396 e. The van der Waals surface area contributed by atoms with Crippen molar-refractivity contribution in [2.75, 3.05) is 6.61 Å². The normalized spacial score (nSPS) is 11.5. The topological polar surface area (TPSA) is 68.0 Å². The third-order valence-corrected chi connectivity index (χ3v) is 5.98. The third-order valence-electron chi connectivity index (χ3n) is 3.78. The highest BCUT2D eigenvalue weighted by atomic mass is 32.2. The average molecular weight is 376 g/mol. The standard InChI is InChI=1S/C18H21N3O2S2/c1-12(2)16-19-13(10-24-16)11-25-18-20-15-7-4-3-6-14(15)17(23)21(18)8-5-9-22/h3-4,6-7,10,12,22H,5,8-9,11H2,1-2H3. The monoisotopic (exact) mass is 375 g/mol. The van der Waals surface area contributed by atoms with Crippen LogP contribution in [0.4, 0.5) is 0 Å². The summed E-state index contributed by atoms with van der Waals surface area (Å²) in [5.41, 5.74) is 1.66. The molecule has 5 nitrogen and oxygen atoms in total. The van der Waals surface area contributed by atoms with Gasteiger partial charge < -0.3 is 5.11 Å². The minimum absolute atomic E-state index is 0.0488. The van der Waals surface area contributed by atoms with Gasteiger partial charge in [0, 0.05) is 30.2 Å². The van der Waals surface area contributed by atoms with Crippen molar-refractivity contribution in [3.8, 4) is 0 Å². The fourth-order valence-electron chi connectivity index (χ4n) is 2.48. The summed E-state index contributed by atoms with van der Waals surface area (Å²) in [4.78, 5) is 22.1. The molecule has 0 aliphatic heterocycles. The van der Waals surface area contributed by atoms with Crippen LogP contribution in [0.1, 0.15) is 36.9 Å². The Morgan fingerprint density at radius 1 is 1.28 bits per heavy atom. The van der Waals surface area contributed by atoms with Crippen LogP contribution in [-0.4, -0.2) is 26.2 Å². The summed E-state index contributed by atoms with van der Waals surface area (Å²) in [5.74, 6) is 1.10. The molecular weight excluding hydrogens is 354 g/mol. The number of nitrogens with zero attached hydrogens (tertiary/aromatic N) is 3. The average Bonchev–Trinajstić information content (AvgIpc) is 3.09. The van der Waals surface area contributed by atoms with E-state index in [1.54, 1.807) is 22.0 Å². The van der Waals surface area contributed by atoms with Gasteiger partial charge in [0.2, 0.25) is 0 Å². The summed E-state index contributed by atoms with van der Waals surface area (Å²) in [5, 5.41) is 13.6. The van der Waals surface area contributed by atoms with Crippen molar-refractivity contribution in [3.63, 3.8) is 0 Å². The molecule has 0 saturated carbocycles. The third kappa shape index (κ3) is 4.11. The van der Waals surface area contributed by atoms with E-state index in [0.29, 0.717) is 40.7 Å². The minimum Gasteiger partial charge on any atom is -0.396 e. The molecule has 2 aromatic heterocycles. The maximum atomic E-state index is 12.8. The van der Waals surface area contributed by atoms with Gasteiger partial charge in [0.15, 0.2) is 5.16 Å². The number of fused-ring (bicyclic) bond motifs is 1. The van der Waals surface area contributed by atoms with E-state index < -0.39 is 0 Å². The van der Waals surface area contributed by atoms with Crippen LogP contribution in [0.5, 0.6) is 0 Å². The summed E-state index contributed by atoms with van der Waals surface area (Å²) in [7, 11) is 0. The zero-order valence-electron chi connectivity index (χ0n) is 14.3. The van der Waals surface area contributed by atoms with Crippen molar-refractivity contribution < 1.29 is 5.11 Å². The second-order valence-corrected chi connectivity index (χ2v) is 7.90. The number of hydrogen-bond donors (Lipinski definition) is 1. The lowest BCUT2D eigenvalue weighted by Crippen LogP contribution is -2.24. The van der Waals surface area contributed by atoms with Crippen LogP contribution in [-0.2, 0) is 12.3 Å². The molecule has 25 heavy (non-hydrogen) atoms. The summed E-state index contributed by atoms with van der Waals surface area (Å²) < 4.78 is 1.67. The lowest BCUT2D eigenvalue weighted by atomic mass is 10.2. The number of aliphatic hydroxyl groups is 1. The molecule has 132 valence electrons. The number of thiazole rings is 1. The summed E-state index contributed by atoms with van der Waals surface area (Å²) in [6.45, 7) is 4.78. The highest BCUT2D eigenvalue weighted by Gasteiger charge is 2.13. The molecule has 0 fully saturated rings. The van der Waals surface area contributed by atoms with Gasteiger partial charge in [-0.05, 0) is 18.6 Å². The maximum Gasteiger partial charge on any atom is 0.262 e. The molecule has 7 heteroatoms. The van der Waals surface area contributed by atoms with Crippen LogP contribution in [0.25, 0.3) is 10.9 Å². The Bertz CT molecular complexity index is 918. The second kappa shape index (κ2) is 8.12. The van der Waals surface area contributed by atoms with Crippen LogP contribution in [0.2, 0.25) is 0 Å². The van der Waals surface area contributed by atoms with Gasteiger partial charge in [-0.15, -0.1) is 11.3 Å². The molecule has 3 rings (SSSR count). The highest BCUT2D eigenvalue weighted by molar-refractivity contribution is 7.98. The lowest BCUT2D eigenvalue weighted by molar-refractivity contribution is 0.276. The number of thioether (sulfide) groups is 1. The highest BCUT2D eigenvalue weighted by Crippen LogP contribution is 2.25. The van der Waals surface area contributed by atoms with Crippen molar-refractivity contribution in [3.05, 3.63) is 50.7 Å². The van der Waals surface area contributed by atoms with E-state index in [1.807, 2.05) is 18.2 Å². The Kier molecular flexibility index (Phi) is 5.88. The number of benzene rings is 1. The van der Waals surface area contributed by atoms with E-state index in [-0.39, 0.29) is 12.2 Å². The Morgan fingerprint density at radius 3 is 2.80 bits per heavy atom. The van der Waals surface area contributed by atoms with Crippen molar-refractivity contribution in [2.24, 2.45) is 0 Å². The fourth-order valence-corrected chi connectivity index (χ4v) is 4.33. The lowest BCUT2D eigenvalue weighted by Gasteiger charge is -2.12. The van der Waals surface area contributed by atoms with Gasteiger partial charge in [0.25, 0.3) is 5.56 Å². The first-order valence-corrected chi connectivity index (χ1v) is 10.1. The van der Waals surface area contributed by atoms with Gasteiger partial charge in [-0.1, -0.05) is 37.7 Å². The molecule has 0 spiro atoms. The van der Waals surface area contributed by atoms with E-state index in [0.717, 1.165) is 10.7 Å². The Hall–Kier alpha value is -1.70. The molecule has 0 radical (unpaired) electrons. The summed E-state index contributed by atoms with van der Waals surface area (Å²) in [6, 6.07) is 7.38. The van der Waals surface area contributed by atoms with Crippen LogP contribution >= 0.6 is 23.1 Å². The van der Waals surface area contributed by atoms with Gasteiger partial charge in [-0.3, -0.25) is 9.36 Å². The van der Waals surface area contributed by atoms with Crippen LogP contribution < -0.4 is 5.56 Å². The number of rotatable bonds is 7. The van der Waals surface area contributed by atoms with Gasteiger partial charge in [0.1, 0.15) is 0 Å². The Labute approximate surface area is 154 Å². The number of aliphatic hydroxyl groups excluding tert-OH is 1. The number of para-hydroxylation sites is 1. The number of aromatic nitrogens is 3. The van der Waals surface area contributed by atoms with Crippen LogP contribution in [0.3, 0.4) is 0 Å². The SMILES string of the molecule is CC(C)c1nc(CSc2nc3ccccc3c(=O)n2CCCO)cs1. The predicted molar refractivity (Wildman–Crippen MR) is 103 cm³/mol. The van der Waals surface area contributed by atoms with E-state index in [9.17, 15) is 4.79 Å². The molecule has 0 unspecified atom stereocenters. The zero-order valence-corrected chi connectivity index (χ0v) is 15.9. The molecule has 0 bridgehead atoms. The van der Waals surface area contributed by atoms with Crippen molar-refractivity contribution in [1.29, 1.82) is 0 Å². The van der Waals surface area contributed by atoms with Crippen LogP contribution in [0.15, 0.2) is 39.6 Å². The van der Waals surface area contributed by atoms with Gasteiger partial charge in [-0.2, -0.15) is 0 Å². The van der Waals surface area contributed by atoms with Crippen LogP contribution in [0, 0.1) is 0 Å². The summed E-state index contributed by atoms with van der Waals surface area (Å²) >= 11 is 3.19. The molecule has 0 saturated heterocycles. The van der Waals surface area contributed by atoms with Crippen molar-refractivity contribution in [1.82, 2.24) is 14.5 Å². The van der Waals surface area contributed by atoms with Gasteiger partial charge >= 0.3 is 0 Å². The molecule has 3 aromatic rings. The van der Waals surface area contributed by atoms with E-state index in [1.165, 1.54) is 11.8 Å². The fraction of sp³-hybridized carbons (Fsp3) is 0.389. The Morgan fingerprint density at radius 2 is 2.08 bits per heavy atom. The quantitative estimate of drug-likeness (QED) is 0.504. The molecule has 0 amide bonds. The first-order chi connectivity index (χ1) is 12.1. The predicted octanol–water partition coefficient (Wildman–Crippen LogP) is 3.65. The van der Waals surface area contributed by atoms with E-state index in [4.69, 9.17) is 5.11 Å². The maximum absolute atomic E-state index is 12.8. The Balaban J connectivity index is 1.91. The van der Waals surface area contributed by atoms with E-state index >= 15 is 0 Å². The van der Waals surface area contributed by atoms with Gasteiger partial charge in [0.05, 0.1) is 21.6 Å². The molecule has 1 N–H and O–H groups in total. The first-order valence-electron chi connectivity index (χ1n) is 8.27. The van der Waals surface area contributed by atoms with Gasteiger partial charge in [-0.25, -0.2) is 9.97 Å². The molecule has 0 aliphatic carbocycles. The molecule has 0 aliphatic rings. The molecule has 0 atom stereocenters. The smallest absolute Gasteiger partial charge is 0.262 e.